The first kappa shape index (κ1) is 17.1. The first-order valence-electron chi connectivity index (χ1n) is 7.37. The van der Waals surface area contributed by atoms with Crippen LogP contribution in [-0.4, -0.2) is 27.2 Å². The zero-order valence-electron chi connectivity index (χ0n) is 12.6. The second kappa shape index (κ2) is 7.31. The number of benzene rings is 1. The lowest BCUT2D eigenvalue weighted by Crippen LogP contribution is -2.28. The summed E-state index contributed by atoms with van der Waals surface area (Å²) in [5.41, 5.74) is -0.136. The van der Waals surface area contributed by atoms with Gasteiger partial charge in [-0.25, -0.2) is 4.98 Å². The van der Waals surface area contributed by atoms with E-state index in [-0.39, 0.29) is 32.3 Å². The maximum atomic E-state index is 12.4. The van der Waals surface area contributed by atoms with Gasteiger partial charge in [0.25, 0.3) is 5.56 Å². The highest BCUT2D eigenvalue weighted by Crippen LogP contribution is 2.34. The fraction of sp³-hybridized carbons (Fsp3) is 0.467. The molecule has 0 bridgehead atoms. The summed E-state index contributed by atoms with van der Waals surface area (Å²) in [6, 6.07) is 1.95. The van der Waals surface area contributed by atoms with Gasteiger partial charge in [0.15, 0.2) is 5.75 Å². The Bertz CT molecular complexity index is 727. The van der Waals surface area contributed by atoms with Crippen molar-refractivity contribution in [3.63, 3.8) is 0 Å². The molecule has 0 unspecified atom stereocenters. The summed E-state index contributed by atoms with van der Waals surface area (Å²) >= 11 is 11.9. The van der Waals surface area contributed by atoms with E-state index >= 15 is 0 Å². The van der Waals surface area contributed by atoms with Crippen LogP contribution < -0.4 is 10.9 Å². The highest BCUT2D eigenvalue weighted by Gasteiger charge is 2.20. The van der Waals surface area contributed by atoms with E-state index in [1.54, 1.807) is 0 Å². The van der Waals surface area contributed by atoms with E-state index in [1.807, 2.05) is 13.8 Å². The second-order valence-corrected chi connectivity index (χ2v) is 5.70. The Hall–Kier alpha value is -1.30. The maximum Gasteiger partial charge on any atom is 0.262 e. The van der Waals surface area contributed by atoms with Crippen molar-refractivity contribution in [2.45, 2.75) is 39.3 Å². The van der Waals surface area contributed by atoms with Crippen molar-refractivity contribution in [3.05, 3.63) is 32.8 Å². The number of aromatic nitrogens is 2. The van der Waals surface area contributed by atoms with Crippen LogP contribution in [0.4, 0.5) is 0 Å². The molecule has 1 fully saturated rings. The van der Waals surface area contributed by atoms with Gasteiger partial charge in [-0.3, -0.25) is 9.36 Å². The van der Waals surface area contributed by atoms with Crippen LogP contribution in [0.3, 0.4) is 0 Å². The van der Waals surface area contributed by atoms with Crippen molar-refractivity contribution in [1.82, 2.24) is 14.9 Å². The molecule has 0 radical (unpaired) electrons. The molecule has 2 N–H and O–H groups in total. The van der Waals surface area contributed by atoms with Gasteiger partial charge in [0, 0.05) is 19.1 Å². The third-order valence-electron chi connectivity index (χ3n) is 3.34. The molecule has 1 aromatic carbocycles. The van der Waals surface area contributed by atoms with Gasteiger partial charge < -0.3 is 10.4 Å². The zero-order valence-corrected chi connectivity index (χ0v) is 14.1. The molecule has 0 spiro atoms. The molecule has 0 aliphatic heterocycles. The summed E-state index contributed by atoms with van der Waals surface area (Å²) in [6.45, 7) is 5.22. The fourth-order valence-electron chi connectivity index (χ4n) is 2.08. The number of aromatic hydroxyl groups is 1. The third kappa shape index (κ3) is 3.54. The average Bonchev–Trinajstić information content (AvgIpc) is 3.32. The van der Waals surface area contributed by atoms with Crippen molar-refractivity contribution in [1.29, 1.82) is 0 Å². The third-order valence-corrected chi connectivity index (χ3v) is 3.93. The molecule has 0 saturated heterocycles. The molecule has 22 heavy (non-hydrogen) atoms. The summed E-state index contributed by atoms with van der Waals surface area (Å²) < 4.78 is 1.48. The van der Waals surface area contributed by atoms with Gasteiger partial charge in [-0.1, -0.05) is 37.0 Å². The number of fused-ring (bicyclic) bond motifs is 1. The lowest BCUT2D eigenvalue weighted by atomic mass is 10.2. The fourth-order valence-corrected chi connectivity index (χ4v) is 2.62. The lowest BCUT2D eigenvalue weighted by molar-refractivity contribution is 0.480. The second-order valence-electron chi connectivity index (χ2n) is 4.88. The summed E-state index contributed by atoms with van der Waals surface area (Å²) in [7, 11) is 0. The molecular formula is C15H19Cl2N3O2. The summed E-state index contributed by atoms with van der Waals surface area (Å²) in [5, 5.41) is 13.6. The van der Waals surface area contributed by atoms with Crippen LogP contribution in [0.1, 0.15) is 26.7 Å². The van der Waals surface area contributed by atoms with Gasteiger partial charge in [0.1, 0.15) is 5.52 Å². The molecule has 1 aromatic heterocycles. The molecule has 3 rings (SSSR count). The predicted octanol–water partition coefficient (Wildman–Crippen LogP) is 3.19. The lowest BCUT2D eigenvalue weighted by Gasteiger charge is -2.09. The zero-order chi connectivity index (χ0) is 16.3. The molecule has 7 heteroatoms. The van der Waals surface area contributed by atoms with Crippen LogP contribution in [0.15, 0.2) is 17.2 Å². The Morgan fingerprint density at radius 1 is 1.36 bits per heavy atom. The number of hydrogen-bond acceptors (Lipinski definition) is 4. The quantitative estimate of drug-likeness (QED) is 0.894. The molecule has 5 nitrogen and oxygen atoms in total. The Morgan fingerprint density at radius 2 is 2.05 bits per heavy atom. The van der Waals surface area contributed by atoms with Crippen LogP contribution >= 0.6 is 23.2 Å². The molecule has 0 atom stereocenters. The minimum Gasteiger partial charge on any atom is -0.504 e. The number of phenols is 1. The van der Waals surface area contributed by atoms with E-state index in [2.05, 4.69) is 10.3 Å². The Balaban J connectivity index is 0.000000847. The monoisotopic (exact) mass is 343 g/mol. The number of nitrogens with one attached hydrogen (secondary N) is 1. The first-order chi connectivity index (χ1) is 10.6. The molecule has 1 heterocycles. The van der Waals surface area contributed by atoms with E-state index in [0.29, 0.717) is 19.1 Å². The molecule has 1 saturated carbocycles. The van der Waals surface area contributed by atoms with E-state index in [0.717, 1.165) is 0 Å². The first-order valence-corrected chi connectivity index (χ1v) is 8.13. The van der Waals surface area contributed by atoms with Gasteiger partial charge in [0.05, 0.1) is 21.8 Å². The minimum absolute atomic E-state index is 0.0857. The highest BCUT2D eigenvalue weighted by atomic mass is 35.5. The van der Waals surface area contributed by atoms with Crippen LogP contribution in [0.5, 0.6) is 5.75 Å². The molecule has 0 amide bonds. The Morgan fingerprint density at radius 3 is 2.68 bits per heavy atom. The normalized spacial score (nSPS) is 13.8. The minimum atomic E-state index is -0.274. The summed E-state index contributed by atoms with van der Waals surface area (Å²) in [4.78, 5) is 16.5. The SMILES string of the molecule is CC.O=c1c2c(Cl)cc(Cl)c(O)c2ncn1CCNC1CC1. The van der Waals surface area contributed by atoms with Crippen LogP contribution in [0.25, 0.3) is 10.9 Å². The number of rotatable bonds is 4. The number of nitrogens with zero attached hydrogens (tertiary/aromatic N) is 2. The van der Waals surface area contributed by atoms with Crippen molar-refractivity contribution in [2.24, 2.45) is 0 Å². The number of halogens is 2. The van der Waals surface area contributed by atoms with Crippen molar-refractivity contribution < 1.29 is 5.11 Å². The van der Waals surface area contributed by atoms with Crippen molar-refractivity contribution >= 4 is 34.1 Å². The van der Waals surface area contributed by atoms with Crippen LogP contribution in [-0.2, 0) is 6.54 Å². The highest BCUT2D eigenvalue weighted by molar-refractivity contribution is 6.39. The molecular weight excluding hydrogens is 325 g/mol. The smallest absolute Gasteiger partial charge is 0.262 e. The number of hydrogen-bond donors (Lipinski definition) is 2. The van der Waals surface area contributed by atoms with Crippen LogP contribution in [0, 0.1) is 0 Å². The van der Waals surface area contributed by atoms with Gasteiger partial charge in [-0.05, 0) is 18.9 Å². The molecule has 120 valence electrons. The largest absolute Gasteiger partial charge is 0.504 e. The van der Waals surface area contributed by atoms with E-state index in [1.165, 1.54) is 29.8 Å². The Kier molecular flexibility index (Phi) is 5.67. The Labute approximate surface area is 138 Å². The van der Waals surface area contributed by atoms with Gasteiger partial charge in [-0.2, -0.15) is 0 Å². The summed E-state index contributed by atoms with van der Waals surface area (Å²) in [6.07, 6.45) is 3.80. The molecule has 1 aliphatic rings. The van der Waals surface area contributed by atoms with E-state index in [4.69, 9.17) is 23.2 Å². The molecule has 1 aliphatic carbocycles. The maximum absolute atomic E-state index is 12.4. The van der Waals surface area contributed by atoms with Gasteiger partial charge in [0.2, 0.25) is 0 Å². The van der Waals surface area contributed by atoms with E-state index in [9.17, 15) is 9.90 Å². The van der Waals surface area contributed by atoms with E-state index < -0.39 is 0 Å². The standard InChI is InChI=1S/C13H13Cl2N3O2.C2H6/c14-8-5-9(15)12(19)11-10(8)13(20)18(6-17-11)4-3-16-7-1-2-7;1-2/h5-7,16,19H,1-4H2;1-2H3. The van der Waals surface area contributed by atoms with Gasteiger partial charge in [-0.15, -0.1) is 0 Å². The average molecular weight is 344 g/mol. The predicted molar refractivity (Wildman–Crippen MR) is 90.1 cm³/mol. The molecule has 2 aromatic rings. The van der Waals surface area contributed by atoms with Crippen molar-refractivity contribution in [3.8, 4) is 5.75 Å². The number of phenolic OH excluding ortho intramolecular Hbond substituents is 1. The van der Waals surface area contributed by atoms with Gasteiger partial charge >= 0.3 is 0 Å². The topological polar surface area (TPSA) is 67.1 Å². The van der Waals surface area contributed by atoms with Crippen molar-refractivity contribution in [2.75, 3.05) is 6.54 Å². The summed E-state index contributed by atoms with van der Waals surface area (Å²) in [5.74, 6) is -0.216. The van der Waals surface area contributed by atoms with Crippen LogP contribution in [0.2, 0.25) is 10.0 Å².